The molecule has 2 heterocycles. The number of hydrogen-bond acceptors (Lipinski definition) is 3. The maximum absolute atomic E-state index is 5.77. The highest BCUT2D eigenvalue weighted by molar-refractivity contribution is 5.43. The molecular formula is C15H17N3O. The summed E-state index contributed by atoms with van der Waals surface area (Å²) in [6.45, 7) is 2.73. The van der Waals surface area contributed by atoms with Crippen molar-refractivity contribution in [1.29, 1.82) is 0 Å². The van der Waals surface area contributed by atoms with Crippen molar-refractivity contribution in [1.82, 2.24) is 9.55 Å². The largest absolute Gasteiger partial charge is 0.491 e. The molecule has 2 aromatic rings. The Morgan fingerprint density at radius 2 is 2.16 bits per heavy atom. The number of aromatic nitrogens is 2. The molecule has 4 nitrogen and oxygen atoms in total. The van der Waals surface area contributed by atoms with Gasteiger partial charge in [0.1, 0.15) is 12.4 Å². The molecule has 98 valence electrons. The summed E-state index contributed by atoms with van der Waals surface area (Å²) in [5.41, 5.74) is 2.30. The number of ether oxygens (including phenoxy) is 1. The summed E-state index contributed by atoms with van der Waals surface area (Å²) in [7, 11) is 0. The predicted octanol–water partition coefficient (Wildman–Crippen LogP) is 2.75. The van der Waals surface area contributed by atoms with E-state index in [0.29, 0.717) is 12.6 Å². The molecule has 0 saturated heterocycles. The monoisotopic (exact) mass is 255 g/mol. The number of nitrogens with one attached hydrogen (secondary N) is 1. The number of anilines is 1. The number of benzene rings is 1. The van der Waals surface area contributed by atoms with Crippen molar-refractivity contribution in [3.63, 3.8) is 0 Å². The highest BCUT2D eigenvalue weighted by Gasteiger charge is 2.29. The molecule has 4 rings (SSSR count). The third-order valence-electron chi connectivity index (χ3n) is 3.77. The first kappa shape index (κ1) is 10.9. The summed E-state index contributed by atoms with van der Waals surface area (Å²) >= 11 is 0. The fourth-order valence-corrected chi connectivity index (χ4v) is 2.65. The van der Waals surface area contributed by atoms with Gasteiger partial charge >= 0.3 is 0 Å². The summed E-state index contributed by atoms with van der Waals surface area (Å²) in [6.07, 6.45) is 4.62. The van der Waals surface area contributed by atoms with Crippen molar-refractivity contribution < 1.29 is 4.74 Å². The van der Waals surface area contributed by atoms with E-state index < -0.39 is 0 Å². The Balaban J connectivity index is 1.72. The van der Waals surface area contributed by atoms with E-state index in [1.807, 2.05) is 19.1 Å². The van der Waals surface area contributed by atoms with Gasteiger partial charge in [0.25, 0.3) is 0 Å². The maximum Gasteiger partial charge on any atom is 0.203 e. The van der Waals surface area contributed by atoms with Crippen LogP contribution in [0.2, 0.25) is 0 Å². The number of rotatable bonds is 3. The minimum absolute atomic E-state index is 0.235. The summed E-state index contributed by atoms with van der Waals surface area (Å²) in [4.78, 5) is 4.60. The molecule has 0 radical (unpaired) electrons. The molecule has 1 aliphatic carbocycles. The third kappa shape index (κ3) is 1.87. The number of para-hydroxylation sites is 1. The predicted molar refractivity (Wildman–Crippen MR) is 73.7 cm³/mol. The molecule has 0 spiro atoms. The van der Waals surface area contributed by atoms with Gasteiger partial charge in [-0.2, -0.15) is 0 Å². The van der Waals surface area contributed by atoms with E-state index in [1.165, 1.54) is 18.4 Å². The number of aryl methyl sites for hydroxylation is 1. The summed E-state index contributed by atoms with van der Waals surface area (Å²) in [5.74, 6) is 1.97. The first-order chi connectivity index (χ1) is 9.31. The van der Waals surface area contributed by atoms with Gasteiger partial charge < -0.3 is 14.6 Å². The number of nitrogens with zero attached hydrogens (tertiary/aromatic N) is 2. The molecule has 1 aromatic heterocycles. The second kappa shape index (κ2) is 4.02. The molecule has 1 aromatic carbocycles. The van der Waals surface area contributed by atoms with Crippen molar-refractivity contribution in [2.45, 2.75) is 31.8 Å². The van der Waals surface area contributed by atoms with Crippen LogP contribution in [0.3, 0.4) is 0 Å². The van der Waals surface area contributed by atoms with Gasteiger partial charge in [-0.15, -0.1) is 0 Å². The number of hydrogen-bond donors (Lipinski definition) is 1. The van der Waals surface area contributed by atoms with Crippen molar-refractivity contribution in [3.05, 3.63) is 41.7 Å². The van der Waals surface area contributed by atoms with E-state index in [-0.39, 0.29) is 6.04 Å². The summed E-state index contributed by atoms with van der Waals surface area (Å²) < 4.78 is 8.00. The fourth-order valence-electron chi connectivity index (χ4n) is 2.65. The minimum Gasteiger partial charge on any atom is -0.491 e. The zero-order chi connectivity index (χ0) is 12.8. The van der Waals surface area contributed by atoms with E-state index in [2.05, 4.69) is 33.2 Å². The quantitative estimate of drug-likeness (QED) is 0.916. The van der Waals surface area contributed by atoms with E-state index in [1.54, 1.807) is 0 Å². The third-order valence-corrected chi connectivity index (χ3v) is 3.77. The zero-order valence-electron chi connectivity index (χ0n) is 11.0. The molecule has 0 amide bonds. The molecular weight excluding hydrogens is 238 g/mol. The second-order valence-corrected chi connectivity index (χ2v) is 5.40. The molecule has 19 heavy (non-hydrogen) atoms. The zero-order valence-corrected chi connectivity index (χ0v) is 11.0. The first-order valence-electron chi connectivity index (χ1n) is 6.85. The first-order valence-corrected chi connectivity index (χ1v) is 6.85. The van der Waals surface area contributed by atoms with Gasteiger partial charge in [0.15, 0.2) is 0 Å². The molecule has 2 aliphatic rings. The SMILES string of the molecule is Cc1cn(C2COc3ccccc32)c(NC2CC2)n1. The Kier molecular flexibility index (Phi) is 2.31. The molecule has 1 aliphatic heterocycles. The minimum atomic E-state index is 0.235. The second-order valence-electron chi connectivity index (χ2n) is 5.40. The van der Waals surface area contributed by atoms with Crippen LogP contribution in [0.5, 0.6) is 5.75 Å². The molecule has 0 bridgehead atoms. The number of imidazole rings is 1. The van der Waals surface area contributed by atoms with Crippen LogP contribution in [0.1, 0.15) is 30.1 Å². The van der Waals surface area contributed by atoms with Gasteiger partial charge in [-0.05, 0) is 25.8 Å². The Morgan fingerprint density at radius 3 is 3.00 bits per heavy atom. The standard InChI is InChI=1S/C15H17N3O/c1-10-8-18(15(16-10)17-11-6-7-11)13-9-19-14-5-3-2-4-12(13)14/h2-5,8,11,13H,6-7,9H2,1H3,(H,16,17). The summed E-state index contributed by atoms with van der Waals surface area (Å²) in [6, 6.07) is 9.11. The van der Waals surface area contributed by atoms with Gasteiger partial charge in [0.05, 0.1) is 11.7 Å². The average Bonchev–Trinajstić information content (AvgIpc) is 3.00. The lowest BCUT2D eigenvalue weighted by Crippen LogP contribution is -2.16. The Labute approximate surface area is 112 Å². The van der Waals surface area contributed by atoms with E-state index in [4.69, 9.17) is 4.74 Å². The smallest absolute Gasteiger partial charge is 0.203 e. The van der Waals surface area contributed by atoms with E-state index >= 15 is 0 Å². The lowest BCUT2D eigenvalue weighted by atomic mass is 10.1. The lowest BCUT2D eigenvalue weighted by molar-refractivity contribution is 0.317. The van der Waals surface area contributed by atoms with Crippen LogP contribution in [-0.2, 0) is 0 Å². The maximum atomic E-state index is 5.77. The van der Waals surface area contributed by atoms with Crippen LogP contribution in [-0.4, -0.2) is 22.2 Å². The van der Waals surface area contributed by atoms with Gasteiger partial charge in [0, 0.05) is 17.8 Å². The normalized spacial score (nSPS) is 21.0. The van der Waals surface area contributed by atoms with E-state index in [0.717, 1.165) is 17.4 Å². The molecule has 1 saturated carbocycles. The van der Waals surface area contributed by atoms with Gasteiger partial charge in [-0.25, -0.2) is 4.98 Å². The fraction of sp³-hybridized carbons (Fsp3) is 0.400. The van der Waals surface area contributed by atoms with Crippen LogP contribution in [0.4, 0.5) is 5.95 Å². The van der Waals surface area contributed by atoms with Crippen LogP contribution < -0.4 is 10.1 Å². The Hall–Kier alpha value is -1.97. The molecule has 1 fully saturated rings. The Morgan fingerprint density at radius 1 is 1.32 bits per heavy atom. The van der Waals surface area contributed by atoms with Crippen molar-refractivity contribution in [3.8, 4) is 5.75 Å². The molecule has 4 heteroatoms. The lowest BCUT2D eigenvalue weighted by Gasteiger charge is -2.15. The van der Waals surface area contributed by atoms with Crippen molar-refractivity contribution >= 4 is 5.95 Å². The number of fused-ring (bicyclic) bond motifs is 1. The van der Waals surface area contributed by atoms with E-state index in [9.17, 15) is 0 Å². The summed E-state index contributed by atoms with van der Waals surface area (Å²) in [5, 5.41) is 3.51. The van der Waals surface area contributed by atoms with Gasteiger partial charge in [0.2, 0.25) is 5.95 Å². The highest BCUT2D eigenvalue weighted by Crippen LogP contribution is 2.37. The van der Waals surface area contributed by atoms with Crippen LogP contribution in [0.25, 0.3) is 0 Å². The highest BCUT2D eigenvalue weighted by atomic mass is 16.5. The van der Waals surface area contributed by atoms with Crippen LogP contribution in [0, 0.1) is 6.92 Å². The van der Waals surface area contributed by atoms with Crippen molar-refractivity contribution in [2.75, 3.05) is 11.9 Å². The average molecular weight is 255 g/mol. The van der Waals surface area contributed by atoms with Crippen LogP contribution >= 0.6 is 0 Å². The molecule has 1 atom stereocenters. The van der Waals surface area contributed by atoms with Crippen LogP contribution in [0.15, 0.2) is 30.5 Å². The molecule has 1 N–H and O–H groups in total. The van der Waals surface area contributed by atoms with Gasteiger partial charge in [-0.3, -0.25) is 0 Å². The van der Waals surface area contributed by atoms with Crippen molar-refractivity contribution in [2.24, 2.45) is 0 Å². The van der Waals surface area contributed by atoms with Gasteiger partial charge in [-0.1, -0.05) is 18.2 Å². The molecule has 1 unspecified atom stereocenters. The topological polar surface area (TPSA) is 39.1 Å². The Bertz CT molecular complexity index is 616.